The van der Waals surface area contributed by atoms with Gasteiger partial charge in [-0.1, -0.05) is 0 Å². The maximum absolute atomic E-state index is 15.6. The number of halogens is 2. The average molecular weight is 463 g/mol. The van der Waals surface area contributed by atoms with Crippen LogP contribution in [-0.4, -0.2) is 38.2 Å². The maximum atomic E-state index is 15.6. The van der Waals surface area contributed by atoms with Gasteiger partial charge in [0.2, 0.25) is 0 Å². The van der Waals surface area contributed by atoms with Gasteiger partial charge in [0.15, 0.2) is 0 Å². The molecule has 9 heteroatoms. The topological polar surface area (TPSA) is 69.8 Å². The van der Waals surface area contributed by atoms with Gasteiger partial charge >= 0.3 is 0 Å². The lowest BCUT2D eigenvalue weighted by atomic mass is 9.91. The van der Waals surface area contributed by atoms with Crippen LogP contribution in [0.5, 0.6) is 5.75 Å². The summed E-state index contributed by atoms with van der Waals surface area (Å²) in [5, 5.41) is 12.5. The molecule has 3 aromatic heterocycles. The third kappa shape index (κ3) is 3.30. The van der Waals surface area contributed by atoms with Crippen LogP contribution in [0.1, 0.15) is 29.4 Å². The second-order valence-corrected chi connectivity index (χ2v) is 8.75. The first-order chi connectivity index (χ1) is 16.5. The monoisotopic (exact) mass is 462 g/mol. The zero-order valence-electron chi connectivity index (χ0n) is 19.0. The van der Waals surface area contributed by atoms with Gasteiger partial charge in [0.1, 0.15) is 23.4 Å². The molecule has 0 radical (unpaired) electrons. The minimum Gasteiger partial charge on any atom is -0.496 e. The fourth-order valence-electron chi connectivity index (χ4n) is 5.08. The summed E-state index contributed by atoms with van der Waals surface area (Å²) in [6.45, 7) is 2.28. The molecule has 1 aliphatic heterocycles. The molecule has 0 saturated heterocycles. The fraction of sp³-hybridized carbons (Fsp3) is 0.320. The zero-order valence-corrected chi connectivity index (χ0v) is 19.0. The first-order valence-corrected chi connectivity index (χ1v) is 11.3. The Labute approximate surface area is 195 Å². The number of fused-ring (bicyclic) bond motifs is 2. The third-order valence-electron chi connectivity index (χ3n) is 6.63. The van der Waals surface area contributed by atoms with Crippen molar-refractivity contribution in [1.29, 1.82) is 0 Å². The van der Waals surface area contributed by atoms with Crippen LogP contribution >= 0.6 is 0 Å². The Morgan fingerprint density at radius 3 is 2.85 bits per heavy atom. The number of nitrogens with one attached hydrogen (secondary N) is 1. The normalized spacial score (nSPS) is 17.0. The van der Waals surface area contributed by atoms with Crippen LogP contribution in [0.25, 0.3) is 33.8 Å². The molecule has 0 amide bonds. The summed E-state index contributed by atoms with van der Waals surface area (Å²) < 4.78 is 38.9. The lowest BCUT2D eigenvalue weighted by molar-refractivity contribution is 0.344. The minimum atomic E-state index is -1.17. The highest BCUT2D eigenvalue weighted by molar-refractivity contribution is 5.89. The average Bonchev–Trinajstić information content (AvgIpc) is 3.56. The second kappa shape index (κ2) is 8.02. The van der Waals surface area contributed by atoms with Crippen molar-refractivity contribution in [3.8, 4) is 39.5 Å². The van der Waals surface area contributed by atoms with Crippen LogP contribution in [0.15, 0.2) is 36.7 Å². The highest BCUT2D eigenvalue weighted by Gasteiger charge is 2.34. The standard InChI is InChI=1S/C25H24F2N6O/c1-32-13-14(11-29-32)24-18-5-6-19(27)22(18)23(17-4-3-15(26)9-21(17)34-2)25(30-24)20-10-16-12-28-7-8-33(16)31-20/h3-4,9-11,13,19,28H,5-8,12H2,1-2H3. The molecule has 0 spiro atoms. The van der Waals surface area contributed by atoms with Crippen molar-refractivity contribution in [3.05, 3.63) is 59.3 Å². The van der Waals surface area contributed by atoms with E-state index in [4.69, 9.17) is 14.8 Å². The van der Waals surface area contributed by atoms with Crippen LogP contribution in [0, 0.1) is 5.82 Å². The number of nitrogens with zero attached hydrogens (tertiary/aromatic N) is 5. The second-order valence-electron chi connectivity index (χ2n) is 8.75. The molecule has 1 aromatic carbocycles. The zero-order chi connectivity index (χ0) is 23.4. The number of aromatic nitrogens is 5. The fourth-order valence-corrected chi connectivity index (χ4v) is 5.08. The van der Waals surface area contributed by atoms with E-state index in [0.717, 1.165) is 29.9 Å². The summed E-state index contributed by atoms with van der Waals surface area (Å²) in [5.74, 6) is -0.0804. The molecule has 4 heterocycles. The van der Waals surface area contributed by atoms with Crippen molar-refractivity contribution in [1.82, 2.24) is 29.9 Å². The quantitative estimate of drug-likeness (QED) is 0.492. The van der Waals surface area contributed by atoms with Gasteiger partial charge in [0.05, 0.1) is 36.9 Å². The Morgan fingerprint density at radius 2 is 2.09 bits per heavy atom. The van der Waals surface area contributed by atoms with E-state index >= 15 is 4.39 Å². The van der Waals surface area contributed by atoms with E-state index in [1.807, 2.05) is 24.0 Å². The minimum absolute atomic E-state index is 0.337. The molecule has 7 nitrogen and oxygen atoms in total. The lowest BCUT2D eigenvalue weighted by Gasteiger charge is -2.19. The summed E-state index contributed by atoms with van der Waals surface area (Å²) in [6, 6.07) is 6.33. The van der Waals surface area contributed by atoms with Crippen molar-refractivity contribution >= 4 is 0 Å². The van der Waals surface area contributed by atoms with Crippen LogP contribution < -0.4 is 10.1 Å². The van der Waals surface area contributed by atoms with E-state index in [9.17, 15) is 4.39 Å². The van der Waals surface area contributed by atoms with Gasteiger partial charge in [-0.3, -0.25) is 9.36 Å². The first kappa shape index (κ1) is 21.0. The number of aryl methyl sites for hydroxylation is 1. The molecule has 0 saturated carbocycles. The number of alkyl halides is 1. The van der Waals surface area contributed by atoms with E-state index in [-0.39, 0.29) is 0 Å². The summed E-state index contributed by atoms with van der Waals surface area (Å²) >= 11 is 0. The van der Waals surface area contributed by atoms with E-state index in [2.05, 4.69) is 10.4 Å². The van der Waals surface area contributed by atoms with Crippen LogP contribution in [0.3, 0.4) is 0 Å². The molecule has 0 bridgehead atoms. The summed E-state index contributed by atoms with van der Waals surface area (Å²) in [5.41, 5.74) is 6.47. The molecule has 2 aliphatic rings. The smallest absolute Gasteiger partial charge is 0.129 e. The summed E-state index contributed by atoms with van der Waals surface area (Å²) in [6.07, 6.45) is 3.40. The summed E-state index contributed by atoms with van der Waals surface area (Å²) in [7, 11) is 3.33. The number of hydrogen-bond donors (Lipinski definition) is 1. The molecule has 1 atom stereocenters. The number of rotatable bonds is 4. The molecule has 6 rings (SSSR count). The first-order valence-electron chi connectivity index (χ1n) is 11.3. The van der Waals surface area contributed by atoms with Crippen molar-refractivity contribution < 1.29 is 13.5 Å². The van der Waals surface area contributed by atoms with Gasteiger partial charge in [0, 0.05) is 54.7 Å². The van der Waals surface area contributed by atoms with Gasteiger partial charge in [-0.05, 0) is 36.6 Å². The van der Waals surface area contributed by atoms with Crippen molar-refractivity contribution in [3.63, 3.8) is 0 Å². The van der Waals surface area contributed by atoms with Crippen LogP contribution in [-0.2, 0) is 26.6 Å². The SMILES string of the molecule is COc1cc(F)ccc1-c1c(-c2cc3n(n2)CCNC3)nc(-c2cnn(C)c2)c2c1C(F)CC2. The molecule has 1 aliphatic carbocycles. The third-order valence-corrected chi connectivity index (χ3v) is 6.63. The van der Waals surface area contributed by atoms with E-state index < -0.39 is 12.0 Å². The van der Waals surface area contributed by atoms with Gasteiger partial charge in [-0.15, -0.1) is 0 Å². The number of hydrogen-bond acceptors (Lipinski definition) is 5. The van der Waals surface area contributed by atoms with Crippen LogP contribution in [0.2, 0.25) is 0 Å². The van der Waals surface area contributed by atoms with E-state index in [0.29, 0.717) is 58.9 Å². The van der Waals surface area contributed by atoms with E-state index in [1.54, 1.807) is 16.9 Å². The van der Waals surface area contributed by atoms with Crippen molar-refractivity contribution in [2.24, 2.45) is 7.05 Å². The number of methoxy groups -OCH3 is 1. The van der Waals surface area contributed by atoms with Crippen molar-refractivity contribution in [2.45, 2.75) is 32.1 Å². The van der Waals surface area contributed by atoms with Crippen molar-refractivity contribution in [2.75, 3.05) is 13.7 Å². The molecular formula is C25H24F2N6O. The number of ether oxygens (including phenoxy) is 1. The molecule has 174 valence electrons. The van der Waals surface area contributed by atoms with Gasteiger partial charge in [-0.2, -0.15) is 10.2 Å². The van der Waals surface area contributed by atoms with Gasteiger partial charge in [0.25, 0.3) is 0 Å². The summed E-state index contributed by atoms with van der Waals surface area (Å²) in [4.78, 5) is 5.08. The highest BCUT2D eigenvalue weighted by atomic mass is 19.1. The number of benzene rings is 1. The predicted octanol–water partition coefficient (Wildman–Crippen LogP) is 4.22. The lowest BCUT2D eigenvalue weighted by Crippen LogP contribution is -2.28. The Bertz CT molecular complexity index is 1390. The Kier molecular flexibility index (Phi) is 4.95. The Morgan fingerprint density at radius 1 is 1.21 bits per heavy atom. The largest absolute Gasteiger partial charge is 0.496 e. The van der Waals surface area contributed by atoms with Gasteiger partial charge in [-0.25, -0.2) is 13.8 Å². The molecule has 0 fully saturated rings. The molecule has 1 N–H and O–H groups in total. The van der Waals surface area contributed by atoms with Gasteiger partial charge < -0.3 is 10.1 Å². The molecule has 1 unspecified atom stereocenters. The Hall–Kier alpha value is -3.59. The van der Waals surface area contributed by atoms with E-state index in [1.165, 1.54) is 19.2 Å². The number of pyridine rings is 1. The molecular weight excluding hydrogens is 438 g/mol. The maximum Gasteiger partial charge on any atom is 0.129 e. The highest BCUT2D eigenvalue weighted by Crippen LogP contribution is 2.49. The Balaban J connectivity index is 1.69. The van der Waals surface area contributed by atoms with Crippen LogP contribution in [0.4, 0.5) is 8.78 Å². The predicted molar refractivity (Wildman–Crippen MR) is 123 cm³/mol. The molecule has 4 aromatic rings. The molecule has 34 heavy (non-hydrogen) atoms.